The summed E-state index contributed by atoms with van der Waals surface area (Å²) in [5.74, 6) is 2.64. The van der Waals surface area contributed by atoms with Crippen LogP contribution in [0.2, 0.25) is 0 Å². The molecule has 0 unspecified atom stereocenters. The average molecular weight is 429 g/mol. The zero-order valence-electron chi connectivity index (χ0n) is 17.2. The van der Waals surface area contributed by atoms with Crippen LogP contribution in [0.5, 0.6) is 17.2 Å². The molecule has 0 aliphatic rings. The predicted octanol–water partition coefficient (Wildman–Crippen LogP) is 3.63. The second-order valence-corrected chi connectivity index (χ2v) is 7.25. The number of rotatable bonds is 9. The van der Waals surface area contributed by atoms with Gasteiger partial charge in [0.2, 0.25) is 5.75 Å². The Hall–Kier alpha value is -3.20. The lowest BCUT2D eigenvalue weighted by Crippen LogP contribution is -2.23. The molecule has 2 aromatic heterocycles. The minimum atomic E-state index is -0.226. The van der Waals surface area contributed by atoms with Gasteiger partial charge < -0.3 is 24.1 Å². The number of ether oxygens (including phenoxy) is 3. The maximum Gasteiger partial charge on any atom is 0.254 e. The van der Waals surface area contributed by atoms with Crippen molar-refractivity contribution in [2.45, 2.75) is 24.2 Å². The quantitative estimate of drug-likeness (QED) is 0.515. The first kappa shape index (κ1) is 21.5. The van der Waals surface area contributed by atoms with E-state index in [1.54, 1.807) is 51.8 Å². The van der Waals surface area contributed by atoms with Crippen molar-refractivity contribution in [2.24, 2.45) is 0 Å². The number of carbonyl (C=O) groups excluding carboxylic acids is 1. The highest BCUT2D eigenvalue weighted by Gasteiger charge is 2.16. The van der Waals surface area contributed by atoms with Gasteiger partial charge in [0.1, 0.15) is 10.8 Å². The fourth-order valence-corrected chi connectivity index (χ4v) is 3.69. The smallest absolute Gasteiger partial charge is 0.254 e. The highest BCUT2D eigenvalue weighted by Crippen LogP contribution is 2.38. The second-order valence-electron chi connectivity index (χ2n) is 6.29. The Kier molecular flexibility index (Phi) is 7.18. The molecule has 1 aromatic carbocycles. The summed E-state index contributed by atoms with van der Waals surface area (Å²) in [7, 11) is 4.65. The van der Waals surface area contributed by atoms with Crippen molar-refractivity contribution in [1.82, 2.24) is 15.5 Å². The van der Waals surface area contributed by atoms with E-state index in [4.69, 9.17) is 18.7 Å². The number of aromatic nitrogens is 2. The van der Waals surface area contributed by atoms with Gasteiger partial charge in [-0.3, -0.25) is 4.79 Å². The molecular formula is C21H23N3O5S. The first-order valence-electron chi connectivity index (χ1n) is 9.12. The van der Waals surface area contributed by atoms with Crippen LogP contribution in [0.15, 0.2) is 46.1 Å². The Morgan fingerprint density at radius 1 is 1.13 bits per heavy atom. The SMILES string of the molecule is COc1cc(CNC(=O)c2cccnc2SCc2cc(C)on2)cc(OC)c1OC. The van der Waals surface area contributed by atoms with Crippen molar-refractivity contribution in [3.05, 3.63) is 59.1 Å². The van der Waals surface area contributed by atoms with E-state index in [0.717, 1.165) is 17.0 Å². The molecule has 3 aromatic rings. The molecular weight excluding hydrogens is 406 g/mol. The number of methoxy groups -OCH3 is 3. The number of benzene rings is 1. The third-order valence-electron chi connectivity index (χ3n) is 4.23. The Bertz CT molecular complexity index is 996. The first-order valence-corrected chi connectivity index (χ1v) is 10.1. The summed E-state index contributed by atoms with van der Waals surface area (Å²) in [5, 5.41) is 7.52. The van der Waals surface area contributed by atoms with Crippen molar-refractivity contribution in [3.63, 3.8) is 0 Å². The summed E-state index contributed by atoms with van der Waals surface area (Å²) < 4.78 is 21.1. The number of amides is 1. The van der Waals surface area contributed by atoms with E-state index < -0.39 is 0 Å². The van der Waals surface area contributed by atoms with Gasteiger partial charge in [-0.1, -0.05) is 16.9 Å². The molecule has 0 atom stereocenters. The third kappa shape index (κ3) is 5.04. The van der Waals surface area contributed by atoms with Gasteiger partial charge >= 0.3 is 0 Å². The lowest BCUT2D eigenvalue weighted by Gasteiger charge is -2.14. The van der Waals surface area contributed by atoms with Crippen LogP contribution in [0.3, 0.4) is 0 Å². The standard InChI is InChI=1S/C21H23N3O5S/c1-13-8-15(24-29-13)12-30-21-16(6-5-7-22-21)20(25)23-11-14-9-17(26-2)19(28-4)18(10-14)27-3/h5-10H,11-12H2,1-4H3,(H,23,25). The van der Waals surface area contributed by atoms with E-state index in [1.165, 1.54) is 11.8 Å². The van der Waals surface area contributed by atoms with Gasteiger partial charge in [0, 0.05) is 24.6 Å². The monoisotopic (exact) mass is 429 g/mol. The number of aryl methyl sites for hydroxylation is 1. The average Bonchev–Trinajstić information content (AvgIpc) is 3.20. The normalized spacial score (nSPS) is 10.5. The number of hydrogen-bond donors (Lipinski definition) is 1. The minimum Gasteiger partial charge on any atom is -0.493 e. The van der Waals surface area contributed by atoms with Crippen LogP contribution in [-0.4, -0.2) is 37.4 Å². The lowest BCUT2D eigenvalue weighted by atomic mass is 10.1. The van der Waals surface area contributed by atoms with E-state index in [2.05, 4.69) is 15.5 Å². The van der Waals surface area contributed by atoms with E-state index in [0.29, 0.717) is 33.6 Å². The Morgan fingerprint density at radius 3 is 2.47 bits per heavy atom. The molecule has 3 rings (SSSR count). The lowest BCUT2D eigenvalue weighted by molar-refractivity contribution is 0.0947. The number of hydrogen-bond acceptors (Lipinski definition) is 8. The Labute approximate surface area is 178 Å². The van der Waals surface area contributed by atoms with Crippen LogP contribution in [0.4, 0.5) is 0 Å². The van der Waals surface area contributed by atoms with Crippen LogP contribution in [0, 0.1) is 6.92 Å². The number of nitrogens with zero attached hydrogens (tertiary/aromatic N) is 2. The molecule has 2 heterocycles. The molecule has 0 saturated heterocycles. The van der Waals surface area contributed by atoms with Gasteiger partial charge in [-0.2, -0.15) is 0 Å². The fourth-order valence-electron chi connectivity index (χ4n) is 2.82. The fraction of sp³-hybridized carbons (Fsp3) is 0.286. The van der Waals surface area contributed by atoms with Crippen LogP contribution >= 0.6 is 11.8 Å². The molecule has 1 N–H and O–H groups in total. The van der Waals surface area contributed by atoms with E-state index in [9.17, 15) is 4.79 Å². The molecule has 158 valence electrons. The largest absolute Gasteiger partial charge is 0.493 e. The molecule has 9 heteroatoms. The molecule has 0 saturated carbocycles. The molecule has 0 fully saturated rings. The highest BCUT2D eigenvalue weighted by molar-refractivity contribution is 7.98. The van der Waals surface area contributed by atoms with Gasteiger partial charge in [-0.25, -0.2) is 4.98 Å². The van der Waals surface area contributed by atoms with Gasteiger partial charge in [-0.15, -0.1) is 0 Å². The number of carbonyl (C=O) groups is 1. The number of thioether (sulfide) groups is 1. The van der Waals surface area contributed by atoms with E-state index in [-0.39, 0.29) is 12.5 Å². The van der Waals surface area contributed by atoms with Crippen LogP contribution in [0.25, 0.3) is 0 Å². The Morgan fingerprint density at radius 2 is 1.87 bits per heavy atom. The summed E-state index contributed by atoms with van der Waals surface area (Å²) in [6.45, 7) is 2.13. The molecule has 0 radical (unpaired) electrons. The molecule has 30 heavy (non-hydrogen) atoms. The van der Waals surface area contributed by atoms with Crippen LogP contribution in [-0.2, 0) is 12.3 Å². The van der Waals surface area contributed by atoms with Crippen molar-refractivity contribution >= 4 is 17.7 Å². The van der Waals surface area contributed by atoms with Crippen LogP contribution < -0.4 is 19.5 Å². The summed E-state index contributed by atoms with van der Waals surface area (Å²) in [5.41, 5.74) is 2.11. The van der Waals surface area contributed by atoms with Crippen LogP contribution in [0.1, 0.15) is 27.4 Å². The van der Waals surface area contributed by atoms with Gasteiger partial charge in [0.15, 0.2) is 11.5 Å². The van der Waals surface area contributed by atoms with Crippen molar-refractivity contribution in [1.29, 1.82) is 0 Å². The zero-order valence-corrected chi connectivity index (χ0v) is 18.0. The summed E-state index contributed by atoms with van der Waals surface area (Å²) in [4.78, 5) is 17.1. The van der Waals surface area contributed by atoms with E-state index in [1.807, 2.05) is 13.0 Å². The Balaban J connectivity index is 1.71. The molecule has 0 aliphatic heterocycles. The van der Waals surface area contributed by atoms with Crippen molar-refractivity contribution in [3.8, 4) is 17.2 Å². The van der Waals surface area contributed by atoms with Crippen molar-refractivity contribution < 1.29 is 23.5 Å². The van der Waals surface area contributed by atoms with Gasteiger partial charge in [0.05, 0.1) is 32.6 Å². The van der Waals surface area contributed by atoms with Gasteiger partial charge in [0.25, 0.3) is 5.91 Å². The highest BCUT2D eigenvalue weighted by atomic mass is 32.2. The minimum absolute atomic E-state index is 0.226. The number of pyridine rings is 1. The number of nitrogens with one attached hydrogen (secondary N) is 1. The third-order valence-corrected chi connectivity index (χ3v) is 5.27. The predicted molar refractivity (Wildman–Crippen MR) is 112 cm³/mol. The summed E-state index contributed by atoms with van der Waals surface area (Å²) in [6.07, 6.45) is 1.66. The molecule has 0 aliphatic carbocycles. The maximum atomic E-state index is 12.8. The van der Waals surface area contributed by atoms with Crippen molar-refractivity contribution in [2.75, 3.05) is 21.3 Å². The zero-order chi connectivity index (χ0) is 21.5. The summed E-state index contributed by atoms with van der Waals surface area (Å²) >= 11 is 1.43. The van der Waals surface area contributed by atoms with E-state index >= 15 is 0 Å². The first-order chi connectivity index (χ1) is 14.5. The van der Waals surface area contributed by atoms with Gasteiger partial charge in [-0.05, 0) is 36.8 Å². The maximum absolute atomic E-state index is 12.8. The molecule has 0 spiro atoms. The summed E-state index contributed by atoms with van der Waals surface area (Å²) in [6, 6.07) is 8.94. The molecule has 0 bridgehead atoms. The molecule has 1 amide bonds. The topological polar surface area (TPSA) is 95.7 Å². The molecule has 8 nitrogen and oxygen atoms in total. The second kappa shape index (κ2) is 10.0.